The smallest absolute Gasteiger partial charge is 0.213 e. The normalized spacial score (nSPS) is 11.1. The Kier molecular flexibility index (Phi) is 1.91. The molecule has 74 valence electrons. The molecule has 2 aromatic heterocycles. The second-order valence-corrected chi connectivity index (χ2v) is 3.40. The van der Waals surface area contributed by atoms with E-state index in [4.69, 9.17) is 0 Å². The Hall–Kier alpha value is -1.58. The summed E-state index contributed by atoms with van der Waals surface area (Å²) in [6.07, 6.45) is 0. The van der Waals surface area contributed by atoms with Crippen molar-refractivity contribution in [2.24, 2.45) is 0 Å². The van der Waals surface area contributed by atoms with Crippen molar-refractivity contribution in [2.45, 2.75) is 27.3 Å². The molecular formula is C10H13N3O. The van der Waals surface area contributed by atoms with Crippen LogP contribution < -0.4 is 0 Å². The van der Waals surface area contributed by atoms with Crippen LogP contribution in [-0.2, 0) is 6.54 Å². The molecule has 0 aliphatic carbocycles. The lowest BCUT2D eigenvalue weighted by molar-refractivity contribution is 0.454. The fourth-order valence-electron chi connectivity index (χ4n) is 1.77. The minimum absolute atomic E-state index is 0.0598. The minimum atomic E-state index is 0.0598. The molecule has 0 unspecified atom stereocenters. The molecule has 0 saturated carbocycles. The van der Waals surface area contributed by atoms with Crippen LogP contribution in [0.2, 0.25) is 0 Å². The van der Waals surface area contributed by atoms with Gasteiger partial charge in [0.15, 0.2) is 5.65 Å². The molecule has 0 fully saturated rings. The summed E-state index contributed by atoms with van der Waals surface area (Å²) in [5.41, 5.74) is 2.75. The quantitative estimate of drug-likeness (QED) is 0.747. The number of pyridine rings is 1. The number of aromatic hydroxyl groups is 1. The van der Waals surface area contributed by atoms with Crippen molar-refractivity contribution in [3.8, 4) is 5.88 Å². The molecule has 1 N–H and O–H groups in total. The van der Waals surface area contributed by atoms with Crippen molar-refractivity contribution in [2.75, 3.05) is 0 Å². The summed E-state index contributed by atoms with van der Waals surface area (Å²) in [5.74, 6) is 0.0598. The van der Waals surface area contributed by atoms with Crippen molar-refractivity contribution in [1.82, 2.24) is 14.8 Å². The molecule has 0 aromatic carbocycles. The van der Waals surface area contributed by atoms with E-state index in [0.717, 1.165) is 28.8 Å². The highest BCUT2D eigenvalue weighted by molar-refractivity contribution is 5.82. The zero-order valence-electron chi connectivity index (χ0n) is 8.57. The number of rotatable bonds is 1. The Morgan fingerprint density at radius 2 is 2.14 bits per heavy atom. The second kappa shape index (κ2) is 2.97. The highest BCUT2D eigenvalue weighted by Crippen LogP contribution is 2.23. The van der Waals surface area contributed by atoms with Gasteiger partial charge in [-0.1, -0.05) is 0 Å². The first-order chi connectivity index (χ1) is 6.63. The van der Waals surface area contributed by atoms with Gasteiger partial charge in [0.25, 0.3) is 0 Å². The molecule has 0 bridgehead atoms. The van der Waals surface area contributed by atoms with Gasteiger partial charge in [0.2, 0.25) is 5.88 Å². The monoisotopic (exact) mass is 191 g/mol. The Bertz CT molecular complexity index is 488. The van der Waals surface area contributed by atoms with Crippen LogP contribution in [0.1, 0.15) is 18.2 Å². The molecule has 0 spiro atoms. The van der Waals surface area contributed by atoms with Crippen LogP contribution in [0.3, 0.4) is 0 Å². The molecular weight excluding hydrogens is 178 g/mol. The van der Waals surface area contributed by atoms with Crippen molar-refractivity contribution >= 4 is 11.0 Å². The first-order valence-electron chi connectivity index (χ1n) is 4.67. The molecule has 0 atom stereocenters. The topological polar surface area (TPSA) is 50.9 Å². The van der Waals surface area contributed by atoms with Gasteiger partial charge in [-0.2, -0.15) is 10.1 Å². The average Bonchev–Trinajstić information content (AvgIpc) is 2.42. The van der Waals surface area contributed by atoms with Crippen LogP contribution in [0.25, 0.3) is 11.0 Å². The van der Waals surface area contributed by atoms with E-state index < -0.39 is 0 Å². The molecule has 4 heteroatoms. The third-order valence-corrected chi connectivity index (χ3v) is 2.36. The van der Waals surface area contributed by atoms with Crippen molar-refractivity contribution < 1.29 is 5.11 Å². The van der Waals surface area contributed by atoms with Gasteiger partial charge in [-0.3, -0.25) is 0 Å². The largest absolute Gasteiger partial charge is 0.493 e. The molecule has 0 radical (unpaired) electrons. The van der Waals surface area contributed by atoms with Gasteiger partial charge in [0, 0.05) is 18.0 Å². The molecule has 0 aliphatic rings. The Morgan fingerprint density at radius 3 is 2.79 bits per heavy atom. The van der Waals surface area contributed by atoms with Crippen LogP contribution in [0, 0.1) is 13.8 Å². The minimum Gasteiger partial charge on any atom is -0.493 e. The zero-order chi connectivity index (χ0) is 10.3. The lowest BCUT2D eigenvalue weighted by atomic mass is 10.2. The fraction of sp³-hybridized carbons (Fsp3) is 0.400. The number of hydrogen-bond acceptors (Lipinski definition) is 3. The van der Waals surface area contributed by atoms with Crippen LogP contribution in [-0.4, -0.2) is 19.9 Å². The summed E-state index contributed by atoms with van der Waals surface area (Å²) in [6, 6.07) is 1.66. The van der Waals surface area contributed by atoms with Crippen LogP contribution >= 0.6 is 0 Å². The van der Waals surface area contributed by atoms with E-state index in [2.05, 4.69) is 10.1 Å². The maximum Gasteiger partial charge on any atom is 0.213 e. The maximum absolute atomic E-state index is 9.39. The van der Waals surface area contributed by atoms with Gasteiger partial charge in [0.1, 0.15) is 0 Å². The van der Waals surface area contributed by atoms with E-state index in [0.29, 0.717) is 0 Å². The van der Waals surface area contributed by atoms with Gasteiger partial charge >= 0.3 is 0 Å². The summed E-state index contributed by atoms with van der Waals surface area (Å²) in [4.78, 5) is 4.08. The summed E-state index contributed by atoms with van der Waals surface area (Å²) in [6.45, 7) is 6.69. The molecule has 0 aliphatic heterocycles. The number of nitrogens with zero attached hydrogens (tertiary/aromatic N) is 3. The third kappa shape index (κ3) is 1.14. The van der Waals surface area contributed by atoms with Crippen molar-refractivity contribution in [3.63, 3.8) is 0 Å². The lowest BCUT2D eigenvalue weighted by Crippen LogP contribution is -1.97. The average molecular weight is 191 g/mol. The first-order valence-corrected chi connectivity index (χ1v) is 4.67. The van der Waals surface area contributed by atoms with Gasteiger partial charge in [-0.25, -0.2) is 4.68 Å². The zero-order valence-corrected chi connectivity index (χ0v) is 8.57. The van der Waals surface area contributed by atoms with Gasteiger partial charge < -0.3 is 5.11 Å². The molecule has 4 nitrogen and oxygen atoms in total. The van der Waals surface area contributed by atoms with Crippen LogP contribution in [0.5, 0.6) is 5.88 Å². The van der Waals surface area contributed by atoms with E-state index in [1.54, 1.807) is 10.7 Å². The molecule has 2 aromatic rings. The Balaban J connectivity index is 2.89. The van der Waals surface area contributed by atoms with Crippen molar-refractivity contribution in [1.29, 1.82) is 0 Å². The van der Waals surface area contributed by atoms with Crippen molar-refractivity contribution in [3.05, 3.63) is 17.3 Å². The third-order valence-electron chi connectivity index (χ3n) is 2.36. The van der Waals surface area contributed by atoms with Crippen LogP contribution in [0.4, 0.5) is 0 Å². The second-order valence-electron chi connectivity index (χ2n) is 3.40. The van der Waals surface area contributed by atoms with E-state index in [9.17, 15) is 5.11 Å². The lowest BCUT2D eigenvalue weighted by Gasteiger charge is -1.99. The first kappa shape index (κ1) is 8.99. The summed E-state index contributed by atoms with van der Waals surface area (Å²) >= 11 is 0. The van der Waals surface area contributed by atoms with Crippen LogP contribution in [0.15, 0.2) is 6.07 Å². The highest BCUT2D eigenvalue weighted by Gasteiger charge is 2.11. The summed E-state index contributed by atoms with van der Waals surface area (Å²) in [5, 5.41) is 14.8. The van der Waals surface area contributed by atoms with Gasteiger partial charge in [0.05, 0.1) is 5.69 Å². The maximum atomic E-state index is 9.39. The number of hydrogen-bond donors (Lipinski definition) is 1. The fourth-order valence-corrected chi connectivity index (χ4v) is 1.77. The summed E-state index contributed by atoms with van der Waals surface area (Å²) in [7, 11) is 0. The SMILES string of the molecule is CCn1nc(C)c2c(C)cc(O)nc21. The molecule has 2 rings (SSSR count). The Morgan fingerprint density at radius 1 is 1.43 bits per heavy atom. The number of aryl methyl sites for hydroxylation is 3. The van der Waals surface area contributed by atoms with E-state index >= 15 is 0 Å². The van der Waals surface area contributed by atoms with E-state index in [1.807, 2.05) is 20.8 Å². The number of aromatic nitrogens is 3. The Labute approximate surface area is 82.2 Å². The standard InChI is InChI=1S/C10H13N3O/c1-4-13-10-9(7(3)12-13)6(2)5-8(14)11-10/h5H,4H2,1-3H3,(H,11,14). The predicted octanol–water partition coefficient (Wildman–Crippen LogP) is 1.77. The van der Waals surface area contributed by atoms with Gasteiger partial charge in [-0.05, 0) is 26.3 Å². The predicted molar refractivity (Wildman–Crippen MR) is 54.3 cm³/mol. The molecule has 0 amide bonds. The highest BCUT2D eigenvalue weighted by atomic mass is 16.3. The molecule has 0 saturated heterocycles. The summed E-state index contributed by atoms with van der Waals surface area (Å²) < 4.78 is 1.80. The molecule has 14 heavy (non-hydrogen) atoms. The van der Waals surface area contributed by atoms with Gasteiger partial charge in [-0.15, -0.1) is 0 Å². The molecule has 2 heterocycles. The van der Waals surface area contributed by atoms with E-state index in [1.165, 1.54) is 0 Å². The number of fused-ring (bicyclic) bond motifs is 1. The van der Waals surface area contributed by atoms with E-state index in [-0.39, 0.29) is 5.88 Å².